The van der Waals surface area contributed by atoms with Crippen molar-refractivity contribution < 1.29 is 0 Å². The summed E-state index contributed by atoms with van der Waals surface area (Å²) >= 11 is 0. The Morgan fingerprint density at radius 1 is 0.634 bits per heavy atom. The molecular formula is C38H39N3. The van der Waals surface area contributed by atoms with Gasteiger partial charge in [0, 0.05) is 50.8 Å². The Morgan fingerprint density at radius 3 is 2.05 bits per heavy atom. The minimum Gasteiger partial charge on any atom is -0.381 e. The lowest BCUT2D eigenvalue weighted by Crippen LogP contribution is -2.33. The van der Waals surface area contributed by atoms with Gasteiger partial charge in [0.15, 0.2) is 0 Å². The van der Waals surface area contributed by atoms with E-state index in [9.17, 15) is 0 Å². The number of fused-ring (bicyclic) bond motifs is 6. The molecule has 2 heterocycles. The lowest BCUT2D eigenvalue weighted by atomic mass is 9.77. The summed E-state index contributed by atoms with van der Waals surface area (Å²) < 4.78 is 0. The number of rotatable bonds is 3. The number of hydrogen-bond acceptors (Lipinski definition) is 1. The summed E-state index contributed by atoms with van der Waals surface area (Å²) in [7, 11) is 0. The highest BCUT2D eigenvalue weighted by atomic mass is 14.9. The van der Waals surface area contributed by atoms with Gasteiger partial charge in [0.25, 0.3) is 0 Å². The lowest BCUT2D eigenvalue weighted by Gasteiger charge is -2.34. The highest BCUT2D eigenvalue weighted by molar-refractivity contribution is 5.86. The van der Waals surface area contributed by atoms with Gasteiger partial charge in [-0.1, -0.05) is 72.8 Å². The molecule has 2 atom stereocenters. The van der Waals surface area contributed by atoms with Crippen molar-refractivity contribution in [1.29, 1.82) is 0 Å². The molecule has 0 saturated carbocycles. The first-order valence-corrected chi connectivity index (χ1v) is 15.2. The second kappa shape index (κ2) is 11.0. The van der Waals surface area contributed by atoms with Crippen LogP contribution in [0.5, 0.6) is 0 Å². The van der Waals surface area contributed by atoms with Crippen molar-refractivity contribution in [2.45, 2.75) is 64.3 Å². The van der Waals surface area contributed by atoms with Crippen molar-refractivity contribution in [1.82, 2.24) is 9.97 Å². The average Bonchev–Trinajstić information content (AvgIpc) is 3.56. The molecule has 0 spiro atoms. The first kappa shape index (κ1) is 25.7. The summed E-state index contributed by atoms with van der Waals surface area (Å²) in [6, 6.07) is 35.5. The molecule has 0 fully saturated rings. The van der Waals surface area contributed by atoms with E-state index in [-0.39, 0.29) is 0 Å². The van der Waals surface area contributed by atoms with Crippen LogP contribution in [0.1, 0.15) is 64.4 Å². The quantitative estimate of drug-likeness (QED) is 0.207. The Bertz CT molecular complexity index is 1790. The summed E-state index contributed by atoms with van der Waals surface area (Å²) in [5, 5.41) is 6.69. The molecule has 2 aromatic heterocycles. The molecule has 4 aromatic carbocycles. The Balaban J connectivity index is 0.000000176. The van der Waals surface area contributed by atoms with Crippen molar-refractivity contribution in [2.24, 2.45) is 0 Å². The van der Waals surface area contributed by atoms with E-state index in [0.29, 0.717) is 12.0 Å². The van der Waals surface area contributed by atoms with E-state index in [1.54, 1.807) is 5.56 Å². The van der Waals surface area contributed by atoms with E-state index in [0.717, 1.165) is 12.8 Å². The minimum atomic E-state index is 0.335. The van der Waals surface area contributed by atoms with E-state index in [4.69, 9.17) is 0 Å². The molecule has 41 heavy (non-hydrogen) atoms. The number of aromatic nitrogens is 2. The summed E-state index contributed by atoms with van der Waals surface area (Å²) in [5.41, 5.74) is 13.7. The van der Waals surface area contributed by atoms with E-state index in [1.807, 2.05) is 0 Å². The van der Waals surface area contributed by atoms with Gasteiger partial charge in [0.05, 0.1) is 0 Å². The van der Waals surface area contributed by atoms with Gasteiger partial charge in [-0.2, -0.15) is 0 Å². The van der Waals surface area contributed by atoms with Gasteiger partial charge in [-0.05, 0) is 104 Å². The maximum absolute atomic E-state index is 3.89. The van der Waals surface area contributed by atoms with Gasteiger partial charge in [0.1, 0.15) is 0 Å². The molecule has 0 saturated heterocycles. The highest BCUT2D eigenvalue weighted by Crippen LogP contribution is 2.42. The second-order valence-corrected chi connectivity index (χ2v) is 12.0. The molecule has 206 valence electrons. The van der Waals surface area contributed by atoms with Crippen LogP contribution < -0.4 is 5.32 Å². The fourth-order valence-electron chi connectivity index (χ4n) is 7.28. The highest BCUT2D eigenvalue weighted by Gasteiger charge is 2.33. The molecule has 3 heteroatoms. The third kappa shape index (κ3) is 5.06. The molecule has 2 aliphatic rings. The Hall–Kier alpha value is -4.24. The van der Waals surface area contributed by atoms with Crippen LogP contribution in [0, 0.1) is 13.8 Å². The number of benzene rings is 4. The van der Waals surface area contributed by atoms with Gasteiger partial charge >= 0.3 is 0 Å². The lowest BCUT2D eigenvalue weighted by molar-refractivity contribution is 0.548. The minimum absolute atomic E-state index is 0.335. The molecule has 6 aromatic rings. The number of anilines is 1. The molecule has 8 rings (SSSR count). The number of aromatic amines is 2. The third-order valence-electron chi connectivity index (χ3n) is 8.98. The predicted octanol–water partition coefficient (Wildman–Crippen LogP) is 9.39. The topological polar surface area (TPSA) is 43.6 Å². The van der Waals surface area contributed by atoms with Gasteiger partial charge in [-0.15, -0.1) is 0 Å². The van der Waals surface area contributed by atoms with Crippen LogP contribution in [0.4, 0.5) is 5.69 Å². The van der Waals surface area contributed by atoms with Crippen LogP contribution in [0.3, 0.4) is 0 Å². The molecule has 2 unspecified atom stereocenters. The zero-order valence-electron chi connectivity index (χ0n) is 24.1. The Kier molecular flexibility index (Phi) is 6.88. The van der Waals surface area contributed by atoms with Crippen LogP contribution >= 0.6 is 0 Å². The van der Waals surface area contributed by atoms with Gasteiger partial charge in [-0.25, -0.2) is 0 Å². The molecule has 3 N–H and O–H groups in total. The van der Waals surface area contributed by atoms with Crippen molar-refractivity contribution >= 4 is 27.5 Å². The maximum atomic E-state index is 3.89. The van der Waals surface area contributed by atoms with Crippen molar-refractivity contribution in [3.05, 3.63) is 136 Å². The van der Waals surface area contributed by atoms with Gasteiger partial charge in [0.2, 0.25) is 0 Å². The molecule has 0 radical (unpaired) electrons. The second-order valence-electron chi connectivity index (χ2n) is 12.0. The zero-order chi connectivity index (χ0) is 27.8. The molecule has 2 aliphatic carbocycles. The van der Waals surface area contributed by atoms with Gasteiger partial charge < -0.3 is 15.3 Å². The monoisotopic (exact) mass is 537 g/mol. The van der Waals surface area contributed by atoms with Crippen molar-refractivity contribution in [3.63, 3.8) is 0 Å². The van der Waals surface area contributed by atoms with E-state index in [2.05, 4.69) is 126 Å². The fraction of sp³-hybridized carbons (Fsp3) is 0.263. The van der Waals surface area contributed by atoms with E-state index >= 15 is 0 Å². The largest absolute Gasteiger partial charge is 0.381 e. The van der Waals surface area contributed by atoms with Crippen LogP contribution in [0.15, 0.2) is 97.1 Å². The Labute approximate surface area is 243 Å². The average molecular weight is 538 g/mol. The first-order valence-electron chi connectivity index (χ1n) is 15.2. The van der Waals surface area contributed by atoms with Crippen LogP contribution in [-0.2, 0) is 19.3 Å². The van der Waals surface area contributed by atoms with Crippen molar-refractivity contribution in [2.75, 3.05) is 5.32 Å². The van der Waals surface area contributed by atoms with E-state index in [1.165, 1.54) is 86.8 Å². The molecule has 0 bridgehead atoms. The number of para-hydroxylation sites is 2. The third-order valence-corrected chi connectivity index (χ3v) is 8.98. The number of H-pyrrole nitrogens is 2. The normalized spacial score (nSPS) is 17.9. The molecular weight excluding hydrogens is 498 g/mol. The van der Waals surface area contributed by atoms with E-state index < -0.39 is 0 Å². The summed E-state index contributed by atoms with van der Waals surface area (Å²) in [6.45, 7) is 4.34. The predicted molar refractivity (Wildman–Crippen MR) is 173 cm³/mol. The van der Waals surface area contributed by atoms with Crippen molar-refractivity contribution in [3.8, 4) is 0 Å². The zero-order valence-corrected chi connectivity index (χ0v) is 24.1. The first-order chi connectivity index (χ1) is 20.1. The summed E-state index contributed by atoms with van der Waals surface area (Å²) in [4.78, 5) is 7.21. The Morgan fingerprint density at radius 2 is 1.27 bits per heavy atom. The maximum Gasteiger partial charge on any atom is 0.0459 e. The fourth-order valence-corrected chi connectivity index (χ4v) is 7.28. The van der Waals surface area contributed by atoms with Crippen LogP contribution in [0.2, 0.25) is 0 Å². The number of aryl methyl sites for hydroxylation is 5. The SMILES string of the molecule is Cc1cc(C)cc(NC2CCc3[nH]c4ccccc4c3C2c2ccccc2)c1.c1ccc2c3c([nH]c2c1)CCCC3. The summed E-state index contributed by atoms with van der Waals surface area (Å²) in [5.74, 6) is 0.335. The standard InChI is InChI=1S/C26H26N2.C12H13N/c1-17-14-18(2)16-20(15-17)27-23-12-13-24-26(21-10-6-7-11-22(21)28-24)25(23)19-8-4-3-5-9-19;1-3-7-11-9(5-1)10-6-2-4-8-12(10)13-11/h3-11,14-16,23,25,27-28H,12-13H2,1-2H3;1,3,5,7,13H,2,4,6,8H2. The van der Waals surface area contributed by atoms with Crippen LogP contribution in [-0.4, -0.2) is 16.0 Å². The molecule has 0 aliphatic heterocycles. The number of hydrogen-bond donors (Lipinski definition) is 3. The van der Waals surface area contributed by atoms with Gasteiger partial charge in [-0.3, -0.25) is 0 Å². The molecule has 0 amide bonds. The van der Waals surface area contributed by atoms with Crippen LogP contribution in [0.25, 0.3) is 21.8 Å². The summed E-state index contributed by atoms with van der Waals surface area (Å²) in [6.07, 6.45) is 7.40. The smallest absolute Gasteiger partial charge is 0.0459 e. The number of nitrogens with one attached hydrogen (secondary N) is 3. The molecule has 3 nitrogen and oxygen atoms in total.